The first kappa shape index (κ1) is 21.2. The summed E-state index contributed by atoms with van der Waals surface area (Å²) in [5.41, 5.74) is 2.85. The quantitative estimate of drug-likeness (QED) is 0.414. The predicted molar refractivity (Wildman–Crippen MR) is 119 cm³/mol. The van der Waals surface area contributed by atoms with Gasteiger partial charge < -0.3 is 19.5 Å². The number of hydrogen-bond acceptors (Lipinski definition) is 4. The van der Waals surface area contributed by atoms with E-state index in [4.69, 9.17) is 37.4 Å². The third kappa shape index (κ3) is 5.72. The van der Waals surface area contributed by atoms with Crippen LogP contribution in [0.4, 0.5) is 5.69 Å². The second kappa shape index (κ2) is 10.3. The van der Waals surface area contributed by atoms with Crippen LogP contribution in [0, 0.1) is 0 Å². The highest BCUT2D eigenvalue weighted by molar-refractivity contribution is 6.32. The van der Waals surface area contributed by atoms with E-state index in [9.17, 15) is 0 Å². The summed E-state index contributed by atoms with van der Waals surface area (Å²) in [7, 11) is 1.59. The first-order valence-corrected chi connectivity index (χ1v) is 10.1. The highest BCUT2D eigenvalue weighted by Gasteiger charge is 2.13. The van der Waals surface area contributed by atoms with Crippen LogP contribution in [0.1, 0.15) is 18.1 Å². The number of rotatable bonds is 9. The molecule has 0 radical (unpaired) electrons. The van der Waals surface area contributed by atoms with Crippen LogP contribution in [0.15, 0.2) is 60.7 Å². The molecule has 0 saturated heterocycles. The topological polar surface area (TPSA) is 39.7 Å². The van der Waals surface area contributed by atoms with Gasteiger partial charge in [0.05, 0.1) is 18.7 Å². The van der Waals surface area contributed by atoms with E-state index in [1.165, 1.54) is 0 Å². The smallest absolute Gasteiger partial charge is 0.180 e. The summed E-state index contributed by atoms with van der Waals surface area (Å²) in [6.45, 7) is 3.51. The Morgan fingerprint density at radius 1 is 0.897 bits per heavy atom. The predicted octanol–water partition coefficient (Wildman–Crippen LogP) is 6.59. The van der Waals surface area contributed by atoms with Crippen LogP contribution in [-0.2, 0) is 13.2 Å². The third-order valence-corrected chi connectivity index (χ3v) is 4.93. The number of methoxy groups -OCH3 is 1. The van der Waals surface area contributed by atoms with Gasteiger partial charge in [-0.3, -0.25) is 0 Å². The molecule has 0 atom stereocenters. The minimum atomic E-state index is 0.305. The second-order valence-electron chi connectivity index (χ2n) is 6.30. The molecule has 4 nitrogen and oxygen atoms in total. The van der Waals surface area contributed by atoms with Gasteiger partial charge in [0.1, 0.15) is 12.4 Å². The zero-order valence-electron chi connectivity index (χ0n) is 16.4. The molecule has 152 valence electrons. The summed E-state index contributed by atoms with van der Waals surface area (Å²) >= 11 is 12.7. The molecule has 0 unspecified atom stereocenters. The van der Waals surface area contributed by atoms with Crippen molar-refractivity contribution in [2.45, 2.75) is 20.1 Å². The van der Waals surface area contributed by atoms with Crippen LogP contribution < -0.4 is 19.5 Å². The SMILES string of the molecule is CCOc1ccc(NCc2cc(Cl)c(OCc3ccccc3Cl)c(OC)c2)cc1. The van der Waals surface area contributed by atoms with E-state index in [-0.39, 0.29) is 0 Å². The van der Waals surface area contributed by atoms with Crippen molar-refractivity contribution in [1.29, 1.82) is 0 Å². The van der Waals surface area contributed by atoms with Crippen LogP contribution in [0.2, 0.25) is 10.0 Å². The largest absolute Gasteiger partial charge is 0.494 e. The van der Waals surface area contributed by atoms with Crippen LogP contribution in [0.5, 0.6) is 17.2 Å². The fraction of sp³-hybridized carbons (Fsp3) is 0.217. The molecule has 0 aliphatic heterocycles. The standard InChI is InChI=1S/C23H23Cl2NO3/c1-3-28-19-10-8-18(9-11-19)26-14-16-12-21(25)23(22(13-16)27-2)29-15-17-6-4-5-7-20(17)24/h4-13,26H,3,14-15H2,1-2H3. The lowest BCUT2D eigenvalue weighted by atomic mass is 10.2. The van der Waals surface area contributed by atoms with Gasteiger partial charge in [-0.25, -0.2) is 0 Å². The van der Waals surface area contributed by atoms with Crippen molar-refractivity contribution in [2.75, 3.05) is 19.0 Å². The molecule has 1 N–H and O–H groups in total. The van der Waals surface area contributed by atoms with Crippen LogP contribution in [0.25, 0.3) is 0 Å². The van der Waals surface area contributed by atoms with Crippen molar-refractivity contribution in [2.24, 2.45) is 0 Å². The Labute approximate surface area is 181 Å². The summed E-state index contributed by atoms with van der Waals surface area (Å²) < 4.78 is 16.9. The molecule has 3 aromatic carbocycles. The van der Waals surface area contributed by atoms with Crippen LogP contribution in [-0.4, -0.2) is 13.7 Å². The summed E-state index contributed by atoms with van der Waals surface area (Å²) in [5.74, 6) is 1.93. The van der Waals surface area contributed by atoms with E-state index in [0.717, 1.165) is 22.6 Å². The van der Waals surface area contributed by atoms with E-state index < -0.39 is 0 Å². The summed E-state index contributed by atoms with van der Waals surface area (Å²) in [6.07, 6.45) is 0. The van der Waals surface area contributed by atoms with E-state index in [1.54, 1.807) is 7.11 Å². The monoisotopic (exact) mass is 431 g/mol. The van der Waals surface area contributed by atoms with Gasteiger partial charge in [0.2, 0.25) is 0 Å². The van der Waals surface area contributed by atoms with E-state index in [1.807, 2.05) is 67.6 Å². The van der Waals surface area contributed by atoms with Crippen molar-refractivity contribution in [1.82, 2.24) is 0 Å². The first-order chi connectivity index (χ1) is 14.1. The molecule has 0 aliphatic rings. The normalized spacial score (nSPS) is 10.5. The third-order valence-electron chi connectivity index (χ3n) is 4.28. The van der Waals surface area contributed by atoms with Crippen molar-refractivity contribution < 1.29 is 14.2 Å². The Hall–Kier alpha value is -2.56. The Bertz CT molecular complexity index is 945. The van der Waals surface area contributed by atoms with Crippen LogP contribution in [0.3, 0.4) is 0 Å². The number of nitrogens with one attached hydrogen (secondary N) is 1. The molecule has 0 fully saturated rings. The molecule has 29 heavy (non-hydrogen) atoms. The summed E-state index contributed by atoms with van der Waals surface area (Å²) in [4.78, 5) is 0. The van der Waals surface area contributed by atoms with Crippen molar-refractivity contribution >= 4 is 28.9 Å². The summed E-state index contributed by atoms with van der Waals surface area (Å²) in [6, 6.07) is 19.1. The van der Waals surface area contributed by atoms with Gasteiger partial charge in [-0.1, -0.05) is 41.4 Å². The molecule has 0 bridgehead atoms. The Morgan fingerprint density at radius 3 is 2.34 bits per heavy atom. The minimum Gasteiger partial charge on any atom is -0.494 e. The Balaban J connectivity index is 1.68. The zero-order valence-corrected chi connectivity index (χ0v) is 17.9. The highest BCUT2D eigenvalue weighted by Crippen LogP contribution is 2.37. The number of halogens is 2. The summed E-state index contributed by atoms with van der Waals surface area (Å²) in [5, 5.41) is 4.50. The highest BCUT2D eigenvalue weighted by atomic mass is 35.5. The molecule has 0 saturated carbocycles. The average Bonchev–Trinajstić information content (AvgIpc) is 2.73. The number of benzene rings is 3. The molecule has 3 aromatic rings. The molecular formula is C23H23Cl2NO3. The molecule has 0 aliphatic carbocycles. The fourth-order valence-electron chi connectivity index (χ4n) is 2.82. The second-order valence-corrected chi connectivity index (χ2v) is 7.11. The van der Waals surface area contributed by atoms with Gasteiger partial charge in [0, 0.05) is 22.8 Å². The molecule has 6 heteroatoms. The maximum atomic E-state index is 6.47. The fourth-order valence-corrected chi connectivity index (χ4v) is 3.30. The lowest BCUT2D eigenvalue weighted by molar-refractivity contribution is 0.284. The number of hydrogen-bond donors (Lipinski definition) is 1. The van der Waals surface area contributed by atoms with E-state index in [2.05, 4.69) is 5.32 Å². The number of ether oxygens (including phenoxy) is 3. The Morgan fingerprint density at radius 2 is 1.66 bits per heavy atom. The van der Waals surface area contributed by atoms with Crippen molar-refractivity contribution in [3.05, 3.63) is 81.8 Å². The van der Waals surface area contributed by atoms with Gasteiger partial charge in [-0.05, 0) is 55.0 Å². The van der Waals surface area contributed by atoms with E-state index >= 15 is 0 Å². The first-order valence-electron chi connectivity index (χ1n) is 9.30. The average molecular weight is 432 g/mol. The van der Waals surface area contributed by atoms with Crippen LogP contribution >= 0.6 is 23.2 Å². The lowest BCUT2D eigenvalue weighted by Crippen LogP contribution is -2.03. The molecule has 0 aromatic heterocycles. The van der Waals surface area contributed by atoms with Crippen molar-refractivity contribution in [3.63, 3.8) is 0 Å². The molecule has 0 spiro atoms. The van der Waals surface area contributed by atoms with Gasteiger partial charge in [-0.2, -0.15) is 0 Å². The van der Waals surface area contributed by atoms with Gasteiger partial charge in [0.25, 0.3) is 0 Å². The maximum absolute atomic E-state index is 6.47. The van der Waals surface area contributed by atoms with E-state index in [0.29, 0.717) is 41.3 Å². The lowest BCUT2D eigenvalue weighted by Gasteiger charge is -2.15. The van der Waals surface area contributed by atoms with Gasteiger partial charge in [-0.15, -0.1) is 0 Å². The maximum Gasteiger partial charge on any atom is 0.180 e. The zero-order chi connectivity index (χ0) is 20.6. The molecule has 0 amide bonds. The molecule has 0 heterocycles. The minimum absolute atomic E-state index is 0.305. The molecule has 3 rings (SSSR count). The van der Waals surface area contributed by atoms with Crippen molar-refractivity contribution in [3.8, 4) is 17.2 Å². The number of anilines is 1. The Kier molecular flexibility index (Phi) is 7.50. The molecular weight excluding hydrogens is 409 g/mol. The van der Waals surface area contributed by atoms with Gasteiger partial charge >= 0.3 is 0 Å². The van der Waals surface area contributed by atoms with Gasteiger partial charge in [0.15, 0.2) is 11.5 Å².